The van der Waals surface area contributed by atoms with E-state index in [2.05, 4.69) is 30.4 Å². The molecule has 1 N–H and O–H groups in total. The van der Waals surface area contributed by atoms with E-state index in [-0.39, 0.29) is 23.1 Å². The summed E-state index contributed by atoms with van der Waals surface area (Å²) >= 11 is 0. The number of ether oxygens (including phenoxy) is 1. The molecule has 4 aromatic heterocycles. The number of pyridine rings is 2. The number of carbonyl (C=O) groups is 2. The Morgan fingerprint density at radius 3 is 2.71 bits per heavy atom. The zero-order chi connectivity index (χ0) is 27.9. The second-order valence-corrected chi connectivity index (χ2v) is 11.7. The normalized spacial score (nSPS) is 22.8. The van der Waals surface area contributed by atoms with Crippen LogP contribution in [-0.2, 0) is 9.53 Å². The number of likely N-dealkylation sites (tertiary alicyclic amines) is 1. The van der Waals surface area contributed by atoms with E-state index < -0.39 is 12.1 Å². The van der Waals surface area contributed by atoms with Crippen molar-refractivity contribution in [1.29, 1.82) is 0 Å². The Morgan fingerprint density at radius 1 is 1.17 bits per heavy atom. The lowest BCUT2D eigenvalue weighted by atomic mass is 9.78. The first-order valence-electron chi connectivity index (χ1n) is 13.7. The fourth-order valence-corrected chi connectivity index (χ4v) is 5.82. The highest BCUT2D eigenvalue weighted by atomic mass is 19.1. The van der Waals surface area contributed by atoms with Gasteiger partial charge in [-0.1, -0.05) is 5.16 Å². The maximum atomic E-state index is 13.4. The number of anilines is 2. The number of nitrogens with zero attached hydrogens (tertiary/aromatic N) is 7. The van der Waals surface area contributed by atoms with Crippen molar-refractivity contribution in [2.45, 2.75) is 25.4 Å². The van der Waals surface area contributed by atoms with Gasteiger partial charge in [0.1, 0.15) is 6.17 Å². The van der Waals surface area contributed by atoms with Crippen LogP contribution in [0.5, 0.6) is 0 Å². The Bertz CT molecular complexity index is 1700. The lowest BCUT2D eigenvalue weighted by Gasteiger charge is -2.56. The third-order valence-electron chi connectivity index (χ3n) is 8.59. The molecule has 1 unspecified atom stereocenters. The quantitative estimate of drug-likeness (QED) is 0.379. The van der Waals surface area contributed by atoms with Gasteiger partial charge in [0.15, 0.2) is 0 Å². The Balaban J connectivity index is 0.969. The standard InChI is InChI=1S/C28H27FN8O4/c1-15-22(4-16(7-30-15)24-33-26(41-34-24)17-9-35(10-17)27(39)19-6-21(19)29)32-25(38)20-8-31-37-3-2-18(5-23(20)37)36-11-28(12-36)13-40-14-28/h2-5,7-8,17,19,21H,6,9-14H2,1H3,(H,32,38)/t19?,21-/m0/s1. The molecule has 12 nitrogen and oxygen atoms in total. The van der Waals surface area contributed by atoms with E-state index >= 15 is 0 Å². The van der Waals surface area contributed by atoms with Gasteiger partial charge in [0.2, 0.25) is 17.6 Å². The number of alkyl halides is 1. The van der Waals surface area contributed by atoms with E-state index in [1.165, 1.54) is 0 Å². The summed E-state index contributed by atoms with van der Waals surface area (Å²) in [5.74, 6) is -0.257. The van der Waals surface area contributed by atoms with Gasteiger partial charge in [-0.05, 0) is 31.5 Å². The summed E-state index contributed by atoms with van der Waals surface area (Å²) in [7, 11) is 0. The first-order valence-corrected chi connectivity index (χ1v) is 13.7. The summed E-state index contributed by atoms with van der Waals surface area (Å²) in [5.41, 5.74) is 4.25. The molecule has 3 saturated heterocycles. The topological polar surface area (TPSA) is 131 Å². The molecule has 4 fully saturated rings. The Morgan fingerprint density at radius 2 is 1.98 bits per heavy atom. The van der Waals surface area contributed by atoms with Gasteiger partial charge < -0.3 is 24.4 Å². The van der Waals surface area contributed by atoms with E-state index in [4.69, 9.17) is 9.26 Å². The number of halogens is 1. The minimum Gasteiger partial charge on any atom is -0.380 e. The van der Waals surface area contributed by atoms with E-state index in [9.17, 15) is 14.0 Å². The molecule has 7 heterocycles. The van der Waals surface area contributed by atoms with Crippen LogP contribution in [0.25, 0.3) is 16.9 Å². The monoisotopic (exact) mass is 558 g/mol. The lowest BCUT2D eigenvalue weighted by molar-refractivity contribution is -0.137. The van der Waals surface area contributed by atoms with Gasteiger partial charge in [0.05, 0.1) is 59.1 Å². The third-order valence-corrected chi connectivity index (χ3v) is 8.59. The van der Waals surface area contributed by atoms with Crippen molar-refractivity contribution in [1.82, 2.24) is 29.6 Å². The molecule has 3 aliphatic heterocycles. The van der Waals surface area contributed by atoms with Gasteiger partial charge in [0, 0.05) is 49.8 Å². The number of hydrogen-bond donors (Lipinski definition) is 1. The van der Waals surface area contributed by atoms with Crippen LogP contribution in [0.2, 0.25) is 0 Å². The predicted octanol–water partition coefficient (Wildman–Crippen LogP) is 2.46. The smallest absolute Gasteiger partial charge is 0.259 e. The molecule has 13 heteroatoms. The molecule has 2 atom stereocenters. The van der Waals surface area contributed by atoms with Crippen LogP contribution in [-0.4, -0.2) is 87.0 Å². The first kappa shape index (κ1) is 24.4. The number of carbonyl (C=O) groups excluding carboxylic acids is 2. The average molecular weight is 559 g/mol. The summed E-state index contributed by atoms with van der Waals surface area (Å²) < 4.78 is 25.8. The van der Waals surface area contributed by atoms with Crippen LogP contribution >= 0.6 is 0 Å². The van der Waals surface area contributed by atoms with Crippen molar-refractivity contribution < 1.29 is 23.2 Å². The molecule has 1 saturated carbocycles. The zero-order valence-electron chi connectivity index (χ0n) is 22.3. The van der Waals surface area contributed by atoms with Crippen LogP contribution in [0.3, 0.4) is 0 Å². The summed E-state index contributed by atoms with van der Waals surface area (Å²) in [6.45, 7) is 6.20. The van der Waals surface area contributed by atoms with Crippen LogP contribution in [0.4, 0.5) is 15.8 Å². The molecule has 0 radical (unpaired) electrons. The highest BCUT2D eigenvalue weighted by Crippen LogP contribution is 2.41. The van der Waals surface area contributed by atoms with Crippen LogP contribution in [0, 0.1) is 18.3 Å². The van der Waals surface area contributed by atoms with Crippen molar-refractivity contribution in [2.75, 3.05) is 49.6 Å². The maximum Gasteiger partial charge on any atom is 0.259 e. The highest BCUT2D eigenvalue weighted by molar-refractivity contribution is 6.09. The Hall–Kier alpha value is -4.39. The summed E-state index contributed by atoms with van der Waals surface area (Å²) in [4.78, 5) is 38.4. The largest absolute Gasteiger partial charge is 0.380 e. The lowest BCUT2D eigenvalue weighted by Crippen LogP contribution is -2.66. The SMILES string of the molecule is Cc1ncc(-c2noc(C3CN(C(=O)C4C[C@@H]4F)C3)n2)cc1NC(=O)c1cnn2ccc(N3CC4(COC4)C3)cc12. The molecule has 0 bridgehead atoms. The number of aryl methyl sites for hydroxylation is 1. The number of fused-ring (bicyclic) bond motifs is 1. The van der Waals surface area contributed by atoms with Gasteiger partial charge in [-0.2, -0.15) is 10.1 Å². The molecule has 1 aliphatic carbocycles. The molecule has 8 rings (SSSR count). The highest BCUT2D eigenvalue weighted by Gasteiger charge is 2.50. The second-order valence-electron chi connectivity index (χ2n) is 11.7. The fourth-order valence-electron chi connectivity index (χ4n) is 5.82. The van der Waals surface area contributed by atoms with Crippen molar-refractivity contribution in [3.63, 3.8) is 0 Å². The van der Waals surface area contributed by atoms with Gasteiger partial charge in [-0.15, -0.1) is 0 Å². The molecular formula is C28H27FN8O4. The van der Waals surface area contributed by atoms with Gasteiger partial charge in [-0.3, -0.25) is 14.6 Å². The van der Waals surface area contributed by atoms with Crippen molar-refractivity contribution in [3.05, 3.63) is 53.9 Å². The number of rotatable bonds is 6. The number of amides is 2. The molecule has 4 aliphatic rings. The Labute approximate surface area is 233 Å². The molecule has 1 spiro atoms. The van der Waals surface area contributed by atoms with Crippen molar-refractivity contribution in [2.24, 2.45) is 11.3 Å². The second kappa shape index (κ2) is 8.80. The van der Waals surface area contributed by atoms with Gasteiger partial charge in [-0.25, -0.2) is 8.91 Å². The first-order chi connectivity index (χ1) is 19.9. The van der Waals surface area contributed by atoms with Crippen molar-refractivity contribution in [3.8, 4) is 11.4 Å². The number of hydrogen-bond acceptors (Lipinski definition) is 9. The van der Waals surface area contributed by atoms with E-state index in [0.29, 0.717) is 59.3 Å². The number of nitrogens with one attached hydrogen (secondary N) is 1. The van der Waals surface area contributed by atoms with E-state index in [1.54, 1.807) is 34.8 Å². The molecule has 210 valence electrons. The van der Waals surface area contributed by atoms with Crippen LogP contribution in [0.1, 0.15) is 34.3 Å². The molecule has 0 aromatic carbocycles. The molecule has 4 aromatic rings. The Kier molecular flexibility index (Phi) is 5.24. The summed E-state index contributed by atoms with van der Waals surface area (Å²) in [5, 5.41) is 11.4. The van der Waals surface area contributed by atoms with Gasteiger partial charge in [0.25, 0.3) is 5.91 Å². The molecule has 41 heavy (non-hydrogen) atoms. The van der Waals surface area contributed by atoms with Crippen LogP contribution in [0.15, 0.2) is 41.3 Å². The molecule has 2 amide bonds. The number of aromatic nitrogens is 5. The minimum absolute atomic E-state index is 0.0843. The zero-order valence-corrected chi connectivity index (χ0v) is 22.3. The maximum absolute atomic E-state index is 13.4. The van der Waals surface area contributed by atoms with Crippen LogP contribution < -0.4 is 10.2 Å². The van der Waals surface area contributed by atoms with Crippen molar-refractivity contribution >= 4 is 28.7 Å². The molecular weight excluding hydrogens is 531 g/mol. The average Bonchev–Trinajstić information content (AvgIpc) is 3.24. The third kappa shape index (κ3) is 4.05. The predicted molar refractivity (Wildman–Crippen MR) is 143 cm³/mol. The minimum atomic E-state index is -1.01. The van der Waals surface area contributed by atoms with E-state index in [1.807, 2.05) is 18.3 Å². The van der Waals surface area contributed by atoms with Gasteiger partial charge >= 0.3 is 0 Å². The summed E-state index contributed by atoms with van der Waals surface area (Å²) in [6, 6.07) is 5.76. The summed E-state index contributed by atoms with van der Waals surface area (Å²) in [6.07, 6.45) is 4.36. The fraction of sp³-hybridized carbons (Fsp3) is 0.429. The van der Waals surface area contributed by atoms with E-state index in [0.717, 1.165) is 32.0 Å².